The number of carbonyl (C=O) groups is 1. The number of amidine groups is 1. The summed E-state index contributed by atoms with van der Waals surface area (Å²) in [5, 5.41) is 22.6. The summed E-state index contributed by atoms with van der Waals surface area (Å²) in [6.07, 6.45) is 4.55. The number of hydrogen-bond acceptors (Lipinski definition) is 5. The summed E-state index contributed by atoms with van der Waals surface area (Å²) < 4.78 is 1.75. The van der Waals surface area contributed by atoms with E-state index in [1.165, 1.54) is 0 Å². The Bertz CT molecular complexity index is 518. The standard InChI is InChI=1S/C12H20N6O2/c1-8(9-16-14-7-18(9)2)15-11(19)12(10(13)17-20)5-3-4-6-12/h7-8,20H,3-6H2,1-2H3,(H2,13,17)(H,15,19). The Hall–Kier alpha value is -2.12. The second-order valence-electron chi connectivity index (χ2n) is 5.27. The van der Waals surface area contributed by atoms with Crippen molar-refractivity contribution in [2.24, 2.45) is 23.4 Å². The summed E-state index contributed by atoms with van der Waals surface area (Å²) in [5.41, 5.74) is 4.84. The minimum atomic E-state index is -0.901. The molecule has 1 amide bonds. The van der Waals surface area contributed by atoms with Gasteiger partial charge in [0.1, 0.15) is 11.7 Å². The van der Waals surface area contributed by atoms with Crippen molar-refractivity contribution in [2.75, 3.05) is 0 Å². The van der Waals surface area contributed by atoms with Gasteiger partial charge in [-0.2, -0.15) is 0 Å². The number of aryl methyl sites for hydroxylation is 1. The fraction of sp³-hybridized carbons (Fsp3) is 0.667. The van der Waals surface area contributed by atoms with Crippen LogP contribution in [0.3, 0.4) is 0 Å². The molecule has 1 unspecified atom stereocenters. The smallest absolute Gasteiger partial charge is 0.234 e. The molecule has 0 saturated heterocycles. The topological polar surface area (TPSA) is 118 Å². The summed E-state index contributed by atoms with van der Waals surface area (Å²) in [5.74, 6) is 0.421. The van der Waals surface area contributed by atoms with Crippen LogP contribution < -0.4 is 11.1 Å². The maximum absolute atomic E-state index is 12.5. The number of carbonyl (C=O) groups excluding carboxylic acids is 1. The molecule has 1 aliphatic rings. The highest BCUT2D eigenvalue weighted by molar-refractivity contribution is 6.07. The minimum absolute atomic E-state index is 0.0161. The van der Waals surface area contributed by atoms with E-state index in [1.807, 2.05) is 14.0 Å². The monoisotopic (exact) mass is 280 g/mol. The first kappa shape index (κ1) is 14.3. The lowest BCUT2D eigenvalue weighted by Crippen LogP contribution is -2.49. The maximum atomic E-state index is 12.5. The Morgan fingerprint density at radius 1 is 1.60 bits per heavy atom. The number of nitrogens with zero attached hydrogens (tertiary/aromatic N) is 4. The Morgan fingerprint density at radius 3 is 2.75 bits per heavy atom. The Kier molecular flexibility index (Phi) is 3.91. The van der Waals surface area contributed by atoms with Crippen LogP contribution in [0.5, 0.6) is 0 Å². The van der Waals surface area contributed by atoms with Crippen LogP contribution >= 0.6 is 0 Å². The molecule has 1 aromatic rings. The number of amides is 1. The third-order valence-electron chi connectivity index (χ3n) is 3.97. The zero-order valence-electron chi connectivity index (χ0n) is 11.7. The molecule has 2 rings (SSSR count). The summed E-state index contributed by atoms with van der Waals surface area (Å²) >= 11 is 0. The molecule has 1 aromatic heterocycles. The fourth-order valence-corrected chi connectivity index (χ4v) is 2.76. The molecular weight excluding hydrogens is 260 g/mol. The fourth-order valence-electron chi connectivity index (χ4n) is 2.76. The van der Waals surface area contributed by atoms with Gasteiger partial charge in [-0.3, -0.25) is 4.79 Å². The van der Waals surface area contributed by atoms with Gasteiger partial charge in [0.2, 0.25) is 5.91 Å². The normalized spacial score (nSPS) is 19.8. The predicted octanol–water partition coefficient (Wildman–Crippen LogP) is 0.299. The van der Waals surface area contributed by atoms with E-state index in [4.69, 9.17) is 10.9 Å². The van der Waals surface area contributed by atoms with Crippen molar-refractivity contribution in [2.45, 2.75) is 38.6 Å². The average Bonchev–Trinajstić information content (AvgIpc) is 3.06. The lowest BCUT2D eigenvalue weighted by Gasteiger charge is -2.27. The van der Waals surface area contributed by atoms with Crippen molar-refractivity contribution in [3.05, 3.63) is 12.2 Å². The van der Waals surface area contributed by atoms with E-state index in [1.54, 1.807) is 10.9 Å². The molecule has 0 aromatic carbocycles. The van der Waals surface area contributed by atoms with E-state index in [-0.39, 0.29) is 17.8 Å². The molecule has 1 aliphatic carbocycles. The highest BCUT2D eigenvalue weighted by atomic mass is 16.4. The van der Waals surface area contributed by atoms with Gasteiger partial charge in [-0.25, -0.2) is 0 Å². The van der Waals surface area contributed by atoms with Gasteiger partial charge in [-0.15, -0.1) is 10.2 Å². The zero-order valence-corrected chi connectivity index (χ0v) is 11.7. The van der Waals surface area contributed by atoms with Crippen LogP contribution in [0.25, 0.3) is 0 Å². The first-order chi connectivity index (χ1) is 9.51. The first-order valence-corrected chi connectivity index (χ1v) is 6.64. The molecule has 4 N–H and O–H groups in total. The Balaban J connectivity index is 2.16. The number of nitrogens with one attached hydrogen (secondary N) is 1. The van der Waals surface area contributed by atoms with Gasteiger partial charge in [0.15, 0.2) is 11.7 Å². The van der Waals surface area contributed by atoms with Crippen molar-refractivity contribution in [3.8, 4) is 0 Å². The molecule has 0 spiro atoms. The van der Waals surface area contributed by atoms with Crippen molar-refractivity contribution >= 4 is 11.7 Å². The van der Waals surface area contributed by atoms with E-state index in [0.717, 1.165) is 12.8 Å². The van der Waals surface area contributed by atoms with Crippen molar-refractivity contribution < 1.29 is 10.0 Å². The largest absolute Gasteiger partial charge is 0.409 e. The number of oxime groups is 1. The molecule has 0 aliphatic heterocycles. The number of hydrogen-bond donors (Lipinski definition) is 3. The first-order valence-electron chi connectivity index (χ1n) is 6.64. The average molecular weight is 280 g/mol. The lowest BCUT2D eigenvalue weighted by molar-refractivity contribution is -0.128. The molecule has 0 bridgehead atoms. The minimum Gasteiger partial charge on any atom is -0.409 e. The van der Waals surface area contributed by atoms with Crippen LogP contribution in [-0.2, 0) is 11.8 Å². The van der Waals surface area contributed by atoms with Gasteiger partial charge < -0.3 is 20.8 Å². The van der Waals surface area contributed by atoms with Crippen LogP contribution in [0, 0.1) is 5.41 Å². The van der Waals surface area contributed by atoms with Gasteiger partial charge in [0.05, 0.1) is 6.04 Å². The third-order valence-corrected chi connectivity index (χ3v) is 3.97. The number of rotatable bonds is 4. The van der Waals surface area contributed by atoms with Gasteiger partial charge in [0, 0.05) is 7.05 Å². The molecule has 1 heterocycles. The lowest BCUT2D eigenvalue weighted by atomic mass is 9.83. The van der Waals surface area contributed by atoms with E-state index in [9.17, 15) is 4.79 Å². The van der Waals surface area contributed by atoms with Crippen molar-refractivity contribution in [1.29, 1.82) is 0 Å². The second-order valence-corrected chi connectivity index (χ2v) is 5.27. The number of nitrogens with two attached hydrogens (primary N) is 1. The number of aromatic nitrogens is 3. The molecule has 1 atom stereocenters. The quantitative estimate of drug-likeness (QED) is 0.317. The highest BCUT2D eigenvalue weighted by Gasteiger charge is 2.45. The van der Waals surface area contributed by atoms with Crippen LogP contribution in [0.15, 0.2) is 11.5 Å². The molecule has 1 fully saturated rings. The van der Waals surface area contributed by atoms with Gasteiger partial charge in [0.25, 0.3) is 0 Å². The Morgan fingerprint density at radius 2 is 2.25 bits per heavy atom. The van der Waals surface area contributed by atoms with Crippen LogP contribution in [0.1, 0.15) is 44.5 Å². The summed E-state index contributed by atoms with van der Waals surface area (Å²) in [7, 11) is 1.81. The summed E-state index contributed by atoms with van der Waals surface area (Å²) in [6.45, 7) is 1.83. The molecule has 8 nitrogen and oxygen atoms in total. The van der Waals surface area contributed by atoms with Crippen LogP contribution in [0.4, 0.5) is 0 Å². The molecule has 20 heavy (non-hydrogen) atoms. The highest BCUT2D eigenvalue weighted by Crippen LogP contribution is 2.39. The van der Waals surface area contributed by atoms with Crippen molar-refractivity contribution in [1.82, 2.24) is 20.1 Å². The van der Waals surface area contributed by atoms with Crippen molar-refractivity contribution in [3.63, 3.8) is 0 Å². The van der Waals surface area contributed by atoms with Crippen LogP contribution in [0.2, 0.25) is 0 Å². The van der Waals surface area contributed by atoms with E-state index >= 15 is 0 Å². The molecule has 0 radical (unpaired) electrons. The Labute approximate surface area is 117 Å². The summed E-state index contributed by atoms with van der Waals surface area (Å²) in [6, 6.07) is -0.293. The van der Waals surface area contributed by atoms with Gasteiger partial charge in [-0.1, -0.05) is 18.0 Å². The molecule has 110 valence electrons. The SMILES string of the molecule is CC(NC(=O)C1(C(N)=NO)CCCC1)c1nncn1C. The second kappa shape index (κ2) is 5.48. The van der Waals surface area contributed by atoms with E-state index in [0.29, 0.717) is 18.7 Å². The van der Waals surface area contributed by atoms with E-state index in [2.05, 4.69) is 20.7 Å². The maximum Gasteiger partial charge on any atom is 0.234 e. The molecule has 8 heteroatoms. The van der Waals surface area contributed by atoms with Crippen LogP contribution in [-0.4, -0.2) is 31.7 Å². The van der Waals surface area contributed by atoms with Gasteiger partial charge >= 0.3 is 0 Å². The predicted molar refractivity (Wildman–Crippen MR) is 71.9 cm³/mol. The third kappa shape index (κ3) is 2.33. The summed E-state index contributed by atoms with van der Waals surface area (Å²) in [4.78, 5) is 12.5. The van der Waals surface area contributed by atoms with E-state index < -0.39 is 5.41 Å². The molecular formula is C12H20N6O2. The zero-order chi connectivity index (χ0) is 14.8. The molecule has 1 saturated carbocycles. The van der Waals surface area contributed by atoms with Gasteiger partial charge in [-0.05, 0) is 19.8 Å².